The van der Waals surface area contributed by atoms with Gasteiger partial charge in [-0.1, -0.05) is 60.7 Å². The lowest BCUT2D eigenvalue weighted by Crippen LogP contribution is -2.50. The van der Waals surface area contributed by atoms with E-state index in [9.17, 15) is 14.7 Å². The van der Waals surface area contributed by atoms with Gasteiger partial charge in [-0.3, -0.25) is 4.79 Å². The van der Waals surface area contributed by atoms with Gasteiger partial charge in [-0.2, -0.15) is 0 Å². The van der Waals surface area contributed by atoms with Crippen molar-refractivity contribution >= 4 is 11.9 Å². The van der Waals surface area contributed by atoms with Crippen LogP contribution in [0.4, 0.5) is 0 Å². The molecule has 26 heavy (non-hydrogen) atoms. The molecule has 0 aliphatic rings. The molecule has 0 fully saturated rings. The standard InChI is InChI=1S/C22H23NO3/c1-3-4-7-16-19(20(24)25)23-21(26)22(2,17-12-8-5-9-13-17)18-14-10-6-11-15-18/h1,5-6,8-15,19H,4,7,16H2,2H3,(H,23,26)(H,24,25)/t19-/m0/s1. The molecule has 0 aromatic heterocycles. The third-order valence-electron chi connectivity index (χ3n) is 4.57. The lowest BCUT2D eigenvalue weighted by Gasteiger charge is -2.31. The summed E-state index contributed by atoms with van der Waals surface area (Å²) >= 11 is 0. The Bertz CT molecular complexity index is 739. The van der Waals surface area contributed by atoms with Crippen LogP contribution in [0.3, 0.4) is 0 Å². The minimum absolute atomic E-state index is 0.297. The summed E-state index contributed by atoms with van der Waals surface area (Å²) in [5.74, 6) is 1.09. The highest BCUT2D eigenvalue weighted by Gasteiger charge is 2.38. The van der Waals surface area contributed by atoms with Crippen LogP contribution in [-0.2, 0) is 15.0 Å². The van der Waals surface area contributed by atoms with Gasteiger partial charge in [0.05, 0.1) is 5.41 Å². The summed E-state index contributed by atoms with van der Waals surface area (Å²) in [6, 6.07) is 17.8. The van der Waals surface area contributed by atoms with E-state index >= 15 is 0 Å². The van der Waals surface area contributed by atoms with Crippen LogP contribution in [0, 0.1) is 12.3 Å². The van der Waals surface area contributed by atoms with E-state index in [1.165, 1.54) is 0 Å². The first-order chi connectivity index (χ1) is 12.5. The van der Waals surface area contributed by atoms with Crippen LogP contribution < -0.4 is 5.32 Å². The summed E-state index contributed by atoms with van der Waals surface area (Å²) in [4.78, 5) is 24.8. The Morgan fingerprint density at radius 1 is 1.08 bits per heavy atom. The molecule has 1 amide bonds. The molecule has 0 aliphatic carbocycles. The molecule has 0 radical (unpaired) electrons. The van der Waals surface area contributed by atoms with Crippen molar-refractivity contribution < 1.29 is 14.7 Å². The summed E-state index contributed by atoms with van der Waals surface area (Å²) in [6.07, 6.45) is 6.55. The van der Waals surface area contributed by atoms with E-state index in [1.807, 2.05) is 67.6 Å². The number of aliphatic carboxylic acids is 1. The largest absolute Gasteiger partial charge is 0.480 e. The van der Waals surface area contributed by atoms with E-state index in [1.54, 1.807) is 0 Å². The van der Waals surface area contributed by atoms with Crippen molar-refractivity contribution in [2.24, 2.45) is 0 Å². The Balaban J connectivity index is 2.35. The van der Waals surface area contributed by atoms with E-state index in [2.05, 4.69) is 11.2 Å². The normalized spacial score (nSPS) is 12.0. The molecule has 4 heteroatoms. The monoisotopic (exact) mass is 349 g/mol. The molecule has 0 bridgehead atoms. The van der Waals surface area contributed by atoms with Crippen molar-refractivity contribution in [3.63, 3.8) is 0 Å². The number of hydrogen-bond donors (Lipinski definition) is 2. The zero-order valence-electron chi connectivity index (χ0n) is 14.8. The maximum absolute atomic E-state index is 13.2. The Labute approximate surface area is 154 Å². The Kier molecular flexibility index (Phi) is 6.57. The van der Waals surface area contributed by atoms with Crippen LogP contribution in [0.15, 0.2) is 60.7 Å². The van der Waals surface area contributed by atoms with E-state index < -0.39 is 17.4 Å². The molecular formula is C22H23NO3. The number of benzene rings is 2. The molecule has 2 aromatic rings. The van der Waals surface area contributed by atoms with Crippen molar-refractivity contribution in [1.82, 2.24) is 5.32 Å². The molecule has 0 aliphatic heterocycles. The number of hydrogen-bond acceptors (Lipinski definition) is 2. The van der Waals surface area contributed by atoms with Gasteiger partial charge < -0.3 is 10.4 Å². The number of rotatable bonds is 8. The summed E-state index contributed by atoms with van der Waals surface area (Å²) in [6.45, 7) is 1.81. The number of nitrogens with one attached hydrogen (secondary N) is 1. The molecule has 134 valence electrons. The molecule has 0 heterocycles. The number of carbonyl (C=O) groups is 2. The van der Waals surface area contributed by atoms with E-state index in [4.69, 9.17) is 6.42 Å². The molecular weight excluding hydrogens is 326 g/mol. The summed E-state index contributed by atoms with van der Waals surface area (Å²) in [5.41, 5.74) is 0.607. The summed E-state index contributed by atoms with van der Waals surface area (Å²) in [5, 5.41) is 12.2. The Hall–Kier alpha value is -3.06. The second-order valence-electron chi connectivity index (χ2n) is 6.32. The number of terminal acetylenes is 1. The first-order valence-corrected chi connectivity index (χ1v) is 8.58. The van der Waals surface area contributed by atoms with Crippen LogP contribution in [0.1, 0.15) is 37.3 Å². The Morgan fingerprint density at radius 3 is 2.00 bits per heavy atom. The lowest BCUT2D eigenvalue weighted by molar-refractivity contribution is -0.142. The zero-order chi connectivity index (χ0) is 19.0. The summed E-state index contributed by atoms with van der Waals surface area (Å²) < 4.78 is 0. The molecule has 0 spiro atoms. The van der Waals surface area contributed by atoms with Gasteiger partial charge in [-0.15, -0.1) is 12.3 Å². The van der Waals surface area contributed by atoms with Gasteiger partial charge in [0, 0.05) is 6.42 Å². The van der Waals surface area contributed by atoms with Crippen LogP contribution in [-0.4, -0.2) is 23.0 Å². The topological polar surface area (TPSA) is 66.4 Å². The molecule has 1 atom stereocenters. The van der Waals surface area contributed by atoms with Gasteiger partial charge >= 0.3 is 5.97 Å². The second-order valence-corrected chi connectivity index (χ2v) is 6.32. The van der Waals surface area contributed by atoms with E-state index in [-0.39, 0.29) is 5.91 Å². The van der Waals surface area contributed by atoms with Gasteiger partial charge in [0.25, 0.3) is 0 Å². The highest BCUT2D eigenvalue weighted by atomic mass is 16.4. The van der Waals surface area contributed by atoms with Crippen molar-refractivity contribution in [1.29, 1.82) is 0 Å². The second kappa shape index (κ2) is 8.87. The first-order valence-electron chi connectivity index (χ1n) is 8.58. The molecule has 2 aromatic carbocycles. The number of unbranched alkanes of at least 4 members (excludes halogenated alkanes) is 1. The van der Waals surface area contributed by atoms with Crippen molar-refractivity contribution in [3.8, 4) is 12.3 Å². The fraction of sp³-hybridized carbons (Fsp3) is 0.273. The lowest BCUT2D eigenvalue weighted by atomic mass is 9.75. The van der Waals surface area contributed by atoms with Crippen LogP contribution in [0.5, 0.6) is 0 Å². The molecule has 4 nitrogen and oxygen atoms in total. The highest BCUT2D eigenvalue weighted by molar-refractivity contribution is 5.94. The van der Waals surface area contributed by atoms with Gasteiger partial charge in [-0.05, 0) is 30.9 Å². The number of carbonyl (C=O) groups excluding carboxylic acids is 1. The maximum atomic E-state index is 13.2. The van der Waals surface area contributed by atoms with Gasteiger partial charge in [0.15, 0.2) is 0 Å². The molecule has 2 rings (SSSR count). The van der Waals surface area contributed by atoms with Crippen LogP contribution in [0.25, 0.3) is 0 Å². The quantitative estimate of drug-likeness (QED) is 0.567. The molecule has 0 unspecified atom stereocenters. The average molecular weight is 349 g/mol. The third kappa shape index (κ3) is 4.31. The fourth-order valence-electron chi connectivity index (χ4n) is 2.94. The molecule has 0 saturated carbocycles. The number of amides is 1. The minimum Gasteiger partial charge on any atom is -0.480 e. The van der Waals surface area contributed by atoms with Crippen LogP contribution >= 0.6 is 0 Å². The zero-order valence-corrected chi connectivity index (χ0v) is 14.8. The third-order valence-corrected chi connectivity index (χ3v) is 4.57. The van der Waals surface area contributed by atoms with Gasteiger partial charge in [0.2, 0.25) is 5.91 Å². The van der Waals surface area contributed by atoms with Gasteiger partial charge in [-0.25, -0.2) is 4.79 Å². The van der Waals surface area contributed by atoms with Gasteiger partial charge in [0.1, 0.15) is 6.04 Å². The number of carboxylic acid groups (broad SMARTS) is 1. The number of carboxylic acids is 1. The van der Waals surface area contributed by atoms with Crippen LogP contribution in [0.2, 0.25) is 0 Å². The predicted octanol–water partition coefficient (Wildman–Crippen LogP) is 3.37. The summed E-state index contributed by atoms with van der Waals surface area (Å²) in [7, 11) is 0. The first kappa shape index (κ1) is 19.3. The van der Waals surface area contributed by atoms with Crippen molar-refractivity contribution in [3.05, 3.63) is 71.8 Å². The van der Waals surface area contributed by atoms with E-state index in [0.717, 1.165) is 11.1 Å². The van der Waals surface area contributed by atoms with Crippen molar-refractivity contribution in [2.45, 2.75) is 37.6 Å². The Morgan fingerprint density at radius 2 is 1.58 bits per heavy atom. The maximum Gasteiger partial charge on any atom is 0.326 e. The molecule has 0 saturated heterocycles. The van der Waals surface area contributed by atoms with Crippen molar-refractivity contribution in [2.75, 3.05) is 0 Å². The predicted molar refractivity (Wildman–Crippen MR) is 102 cm³/mol. The SMILES string of the molecule is C#CCCC[C@H](NC(=O)C(C)(c1ccccc1)c1ccccc1)C(=O)O. The minimum atomic E-state index is -1.06. The smallest absolute Gasteiger partial charge is 0.326 e. The van der Waals surface area contributed by atoms with E-state index in [0.29, 0.717) is 19.3 Å². The fourth-order valence-corrected chi connectivity index (χ4v) is 2.94. The molecule has 2 N–H and O–H groups in total. The highest BCUT2D eigenvalue weighted by Crippen LogP contribution is 2.32. The average Bonchev–Trinajstić information content (AvgIpc) is 2.67.